The Morgan fingerprint density at radius 2 is 2.05 bits per heavy atom. The summed E-state index contributed by atoms with van der Waals surface area (Å²) in [6, 6.07) is 7.29. The monoisotopic (exact) mass is 293 g/mol. The van der Waals surface area contributed by atoms with Gasteiger partial charge in [0.25, 0.3) is 0 Å². The number of rotatable bonds is 4. The molecular weight excluding hydrogens is 281 g/mol. The molecule has 1 aliphatic rings. The first-order valence-electron chi connectivity index (χ1n) is 6.27. The molecule has 1 saturated carbocycles. The number of aromatic nitrogens is 1. The molecule has 98 valence electrons. The molecule has 0 unspecified atom stereocenters. The fourth-order valence-electron chi connectivity index (χ4n) is 2.13. The van der Waals surface area contributed by atoms with Crippen molar-refractivity contribution in [1.82, 2.24) is 4.57 Å². The Bertz CT molecular complexity index is 629. The lowest BCUT2D eigenvalue weighted by Crippen LogP contribution is -2.01. The largest absolute Gasteiger partial charge is 0.349 e. The minimum atomic E-state index is 0.255. The molecule has 1 aliphatic carbocycles. The maximum Gasteiger partial charge on any atom is 0.167 e. The van der Waals surface area contributed by atoms with Gasteiger partial charge in [0.2, 0.25) is 0 Å². The summed E-state index contributed by atoms with van der Waals surface area (Å²) in [7, 11) is 0. The van der Waals surface area contributed by atoms with Gasteiger partial charge in [0.1, 0.15) is 0 Å². The van der Waals surface area contributed by atoms with E-state index in [9.17, 15) is 4.79 Å². The van der Waals surface area contributed by atoms with Crippen LogP contribution in [0.15, 0.2) is 36.7 Å². The Labute approximate surface area is 121 Å². The first-order valence-corrected chi connectivity index (χ1v) is 7.03. The molecule has 0 radical (unpaired) electrons. The summed E-state index contributed by atoms with van der Waals surface area (Å²) in [5.41, 5.74) is 1.75. The van der Waals surface area contributed by atoms with Gasteiger partial charge in [-0.3, -0.25) is 4.79 Å². The Morgan fingerprint density at radius 3 is 2.79 bits per heavy atom. The Kier molecular flexibility index (Phi) is 3.38. The van der Waals surface area contributed by atoms with E-state index in [4.69, 9.17) is 23.2 Å². The number of hydrogen-bond donors (Lipinski definition) is 0. The van der Waals surface area contributed by atoms with Crippen LogP contribution < -0.4 is 0 Å². The smallest absolute Gasteiger partial charge is 0.167 e. The van der Waals surface area contributed by atoms with Crippen LogP contribution in [0.4, 0.5) is 0 Å². The normalized spacial score (nSPS) is 14.6. The number of hydrogen-bond acceptors (Lipinski definition) is 1. The quantitative estimate of drug-likeness (QED) is 0.764. The van der Waals surface area contributed by atoms with Crippen molar-refractivity contribution in [3.63, 3.8) is 0 Å². The highest BCUT2D eigenvalue weighted by molar-refractivity contribution is 6.33. The van der Waals surface area contributed by atoms with Crippen LogP contribution in [0.25, 0.3) is 0 Å². The van der Waals surface area contributed by atoms with Gasteiger partial charge in [-0.05, 0) is 42.7 Å². The van der Waals surface area contributed by atoms with Crippen LogP contribution in [-0.4, -0.2) is 10.4 Å². The zero-order chi connectivity index (χ0) is 13.4. The number of nitrogens with zero attached hydrogens (tertiary/aromatic N) is 1. The van der Waals surface area contributed by atoms with Gasteiger partial charge < -0.3 is 4.57 Å². The highest BCUT2D eigenvalue weighted by atomic mass is 35.5. The van der Waals surface area contributed by atoms with Gasteiger partial charge >= 0.3 is 0 Å². The lowest BCUT2D eigenvalue weighted by atomic mass is 10.1. The van der Waals surface area contributed by atoms with Crippen molar-refractivity contribution in [2.24, 2.45) is 5.92 Å². The number of Topliss-reactive ketones (excluding diaryl/α,β-unsaturated/α-hetero) is 1. The van der Waals surface area contributed by atoms with Gasteiger partial charge in [-0.2, -0.15) is 0 Å². The lowest BCUT2D eigenvalue weighted by molar-refractivity contribution is 0.0967. The summed E-state index contributed by atoms with van der Waals surface area (Å²) in [5, 5.41) is 1.36. The van der Waals surface area contributed by atoms with E-state index < -0.39 is 0 Å². The molecule has 1 aromatic heterocycles. The summed E-state index contributed by atoms with van der Waals surface area (Å²) >= 11 is 12.1. The summed E-state index contributed by atoms with van der Waals surface area (Å²) in [4.78, 5) is 11.9. The topological polar surface area (TPSA) is 22.0 Å². The molecule has 2 nitrogen and oxygen atoms in total. The SMILES string of the molecule is O=C(c1ccn(Cc2cc(Cl)ccc2Cl)c1)C1CC1. The molecule has 0 atom stereocenters. The molecule has 0 bridgehead atoms. The van der Waals surface area contributed by atoms with Gasteiger partial charge in [0, 0.05) is 40.5 Å². The molecule has 0 amide bonds. The van der Waals surface area contributed by atoms with Crippen LogP contribution in [0, 0.1) is 5.92 Å². The molecule has 0 spiro atoms. The average molecular weight is 294 g/mol. The van der Waals surface area contributed by atoms with Crippen molar-refractivity contribution < 1.29 is 4.79 Å². The standard InChI is InChI=1S/C15H13Cl2NO/c16-13-3-4-14(17)12(7-13)9-18-6-5-11(8-18)15(19)10-1-2-10/h3-8,10H,1-2,9H2. The van der Waals surface area contributed by atoms with E-state index in [0.29, 0.717) is 16.6 Å². The maximum atomic E-state index is 11.9. The van der Waals surface area contributed by atoms with Crippen molar-refractivity contribution in [3.05, 3.63) is 57.8 Å². The third-order valence-electron chi connectivity index (χ3n) is 3.34. The average Bonchev–Trinajstić information content (AvgIpc) is 3.13. The van der Waals surface area contributed by atoms with E-state index in [1.54, 1.807) is 12.1 Å². The molecule has 0 aliphatic heterocycles. The molecule has 2 aromatic rings. The van der Waals surface area contributed by atoms with Gasteiger partial charge in [0.15, 0.2) is 5.78 Å². The van der Waals surface area contributed by atoms with Crippen molar-refractivity contribution in [2.75, 3.05) is 0 Å². The van der Waals surface area contributed by atoms with Crippen LogP contribution in [0.5, 0.6) is 0 Å². The molecule has 0 saturated heterocycles. The van der Waals surface area contributed by atoms with E-state index in [1.807, 2.05) is 29.1 Å². The molecule has 19 heavy (non-hydrogen) atoms. The molecule has 4 heteroatoms. The number of ketones is 1. The second kappa shape index (κ2) is 5.03. The van der Waals surface area contributed by atoms with Crippen molar-refractivity contribution in [2.45, 2.75) is 19.4 Å². The molecular formula is C15H13Cl2NO. The van der Waals surface area contributed by atoms with Crippen LogP contribution in [0.2, 0.25) is 10.0 Å². The second-order valence-electron chi connectivity index (χ2n) is 4.95. The molecule has 1 fully saturated rings. The Balaban J connectivity index is 1.79. The van der Waals surface area contributed by atoms with E-state index in [-0.39, 0.29) is 11.7 Å². The van der Waals surface area contributed by atoms with Crippen molar-refractivity contribution in [3.8, 4) is 0 Å². The van der Waals surface area contributed by atoms with E-state index in [2.05, 4.69) is 0 Å². The zero-order valence-electron chi connectivity index (χ0n) is 10.3. The molecule has 1 heterocycles. The zero-order valence-corrected chi connectivity index (χ0v) is 11.8. The Morgan fingerprint density at radius 1 is 1.26 bits per heavy atom. The fourth-order valence-corrected chi connectivity index (χ4v) is 2.50. The van der Waals surface area contributed by atoms with Gasteiger partial charge in [-0.25, -0.2) is 0 Å². The number of halogens is 2. The van der Waals surface area contributed by atoms with E-state index in [1.165, 1.54) is 0 Å². The predicted octanol–water partition coefficient (Wildman–Crippen LogP) is 4.44. The highest BCUT2D eigenvalue weighted by Crippen LogP contribution is 2.32. The number of carbonyl (C=O) groups excluding carboxylic acids is 1. The Hall–Kier alpha value is -1.25. The number of benzene rings is 1. The minimum absolute atomic E-state index is 0.255. The second-order valence-corrected chi connectivity index (χ2v) is 5.79. The van der Waals surface area contributed by atoms with Crippen LogP contribution >= 0.6 is 23.2 Å². The number of carbonyl (C=O) groups is 1. The first-order chi connectivity index (χ1) is 9.13. The van der Waals surface area contributed by atoms with Crippen molar-refractivity contribution >= 4 is 29.0 Å². The highest BCUT2D eigenvalue weighted by Gasteiger charge is 2.30. The third kappa shape index (κ3) is 2.85. The fraction of sp³-hybridized carbons (Fsp3) is 0.267. The van der Waals surface area contributed by atoms with Crippen LogP contribution in [0.1, 0.15) is 28.8 Å². The van der Waals surface area contributed by atoms with Gasteiger partial charge in [-0.15, -0.1) is 0 Å². The molecule has 3 rings (SSSR count). The van der Waals surface area contributed by atoms with E-state index in [0.717, 1.165) is 24.0 Å². The van der Waals surface area contributed by atoms with Crippen LogP contribution in [0.3, 0.4) is 0 Å². The summed E-state index contributed by atoms with van der Waals surface area (Å²) in [6.07, 6.45) is 5.86. The van der Waals surface area contributed by atoms with E-state index >= 15 is 0 Å². The molecule has 1 aromatic carbocycles. The summed E-state index contributed by atoms with van der Waals surface area (Å²) < 4.78 is 1.97. The lowest BCUT2D eigenvalue weighted by Gasteiger charge is -2.06. The van der Waals surface area contributed by atoms with Gasteiger partial charge in [0.05, 0.1) is 0 Å². The van der Waals surface area contributed by atoms with Crippen LogP contribution in [-0.2, 0) is 6.54 Å². The first kappa shape index (κ1) is 12.8. The van der Waals surface area contributed by atoms with Gasteiger partial charge in [-0.1, -0.05) is 23.2 Å². The van der Waals surface area contributed by atoms with Crippen molar-refractivity contribution in [1.29, 1.82) is 0 Å². The molecule has 0 N–H and O–H groups in total. The summed E-state index contributed by atoms with van der Waals surface area (Å²) in [6.45, 7) is 0.622. The maximum absolute atomic E-state index is 11.9. The minimum Gasteiger partial charge on any atom is -0.349 e. The summed E-state index contributed by atoms with van der Waals surface area (Å²) in [5.74, 6) is 0.515. The third-order valence-corrected chi connectivity index (χ3v) is 3.95. The predicted molar refractivity (Wildman–Crippen MR) is 77.1 cm³/mol.